The van der Waals surface area contributed by atoms with E-state index >= 15 is 0 Å². The van der Waals surface area contributed by atoms with Gasteiger partial charge >= 0.3 is 0 Å². The van der Waals surface area contributed by atoms with E-state index in [1.165, 1.54) is 21.0 Å². The van der Waals surface area contributed by atoms with Crippen molar-refractivity contribution in [3.63, 3.8) is 0 Å². The number of aliphatic imine (C=N–C) groups is 1. The number of nitrogens with zero attached hydrogens (tertiary/aromatic N) is 3. The van der Waals surface area contributed by atoms with Gasteiger partial charge in [-0.1, -0.05) is 31.2 Å². The second-order valence-electron chi connectivity index (χ2n) is 6.81. The van der Waals surface area contributed by atoms with E-state index in [-0.39, 0.29) is 0 Å². The number of guanidine groups is 1. The number of aryl methyl sites for hydroxylation is 1. The predicted octanol–water partition coefficient (Wildman–Crippen LogP) is 2.86. The fraction of sp³-hybridized carbons (Fsp3) is 0.524. The molecular formula is C21H31N5S. The van der Waals surface area contributed by atoms with Crippen LogP contribution in [0.4, 0.5) is 0 Å². The van der Waals surface area contributed by atoms with Gasteiger partial charge in [-0.25, -0.2) is 4.98 Å². The van der Waals surface area contributed by atoms with Gasteiger partial charge in [0.25, 0.3) is 0 Å². The van der Waals surface area contributed by atoms with Gasteiger partial charge in [-0.05, 0) is 30.9 Å². The molecule has 3 rings (SSSR count). The van der Waals surface area contributed by atoms with Crippen LogP contribution in [0.15, 0.2) is 35.5 Å². The lowest BCUT2D eigenvalue weighted by atomic mass is 10.0. The van der Waals surface area contributed by atoms with Gasteiger partial charge in [-0.2, -0.15) is 0 Å². The topological polar surface area (TPSA) is 52.6 Å². The van der Waals surface area contributed by atoms with Crippen LogP contribution in [0.5, 0.6) is 0 Å². The zero-order valence-corrected chi connectivity index (χ0v) is 17.3. The Labute approximate surface area is 166 Å². The molecule has 146 valence electrons. The maximum absolute atomic E-state index is 4.75. The summed E-state index contributed by atoms with van der Waals surface area (Å²) < 4.78 is 0. The quantitative estimate of drug-likeness (QED) is 0.542. The summed E-state index contributed by atoms with van der Waals surface area (Å²) in [7, 11) is 0. The Morgan fingerprint density at radius 3 is 2.85 bits per heavy atom. The molecule has 1 aromatic carbocycles. The van der Waals surface area contributed by atoms with Crippen LogP contribution in [-0.4, -0.2) is 48.6 Å². The van der Waals surface area contributed by atoms with Crippen molar-refractivity contribution in [1.82, 2.24) is 20.5 Å². The number of nitrogens with one attached hydrogen (secondary N) is 2. The highest BCUT2D eigenvalue weighted by Crippen LogP contribution is 2.18. The molecular weight excluding hydrogens is 354 g/mol. The van der Waals surface area contributed by atoms with E-state index in [1.54, 1.807) is 0 Å². The van der Waals surface area contributed by atoms with Crippen molar-refractivity contribution in [2.75, 3.05) is 32.7 Å². The SMILES string of the molecule is CCNC(=NCCN1CCc2ccccc2C1)NCCc1ncc(CC)s1. The highest BCUT2D eigenvalue weighted by atomic mass is 32.1. The summed E-state index contributed by atoms with van der Waals surface area (Å²) in [4.78, 5) is 13.1. The normalized spacial score (nSPS) is 14.8. The third kappa shape index (κ3) is 6.04. The third-order valence-corrected chi connectivity index (χ3v) is 6.02. The zero-order valence-electron chi connectivity index (χ0n) is 16.5. The summed E-state index contributed by atoms with van der Waals surface area (Å²) in [5.41, 5.74) is 2.97. The maximum Gasteiger partial charge on any atom is 0.191 e. The van der Waals surface area contributed by atoms with Crippen molar-refractivity contribution < 1.29 is 0 Å². The van der Waals surface area contributed by atoms with Crippen molar-refractivity contribution in [2.24, 2.45) is 4.99 Å². The zero-order chi connectivity index (χ0) is 18.9. The van der Waals surface area contributed by atoms with Crippen LogP contribution in [-0.2, 0) is 25.8 Å². The van der Waals surface area contributed by atoms with E-state index < -0.39 is 0 Å². The highest BCUT2D eigenvalue weighted by molar-refractivity contribution is 7.11. The first kappa shape index (κ1) is 19.8. The molecule has 0 spiro atoms. The lowest BCUT2D eigenvalue weighted by Crippen LogP contribution is -2.39. The van der Waals surface area contributed by atoms with E-state index in [1.807, 2.05) is 17.5 Å². The number of benzene rings is 1. The maximum atomic E-state index is 4.75. The first-order chi connectivity index (χ1) is 13.3. The van der Waals surface area contributed by atoms with Crippen molar-refractivity contribution in [3.8, 4) is 0 Å². The van der Waals surface area contributed by atoms with E-state index in [0.29, 0.717) is 0 Å². The Kier molecular flexibility index (Phi) is 7.66. The Balaban J connectivity index is 1.43. The number of hydrogen-bond donors (Lipinski definition) is 2. The number of fused-ring (bicyclic) bond motifs is 1. The minimum atomic E-state index is 0.814. The fourth-order valence-corrected chi connectivity index (χ4v) is 4.17. The molecule has 6 heteroatoms. The van der Waals surface area contributed by atoms with Gasteiger partial charge in [0.2, 0.25) is 0 Å². The molecule has 1 aliphatic rings. The summed E-state index contributed by atoms with van der Waals surface area (Å²) >= 11 is 1.81. The second kappa shape index (κ2) is 10.4. The predicted molar refractivity (Wildman–Crippen MR) is 115 cm³/mol. The lowest BCUT2D eigenvalue weighted by molar-refractivity contribution is 0.261. The molecule has 2 heterocycles. The van der Waals surface area contributed by atoms with Crippen LogP contribution < -0.4 is 10.6 Å². The highest BCUT2D eigenvalue weighted by Gasteiger charge is 2.14. The molecule has 5 nitrogen and oxygen atoms in total. The van der Waals surface area contributed by atoms with Gasteiger partial charge in [-0.15, -0.1) is 11.3 Å². The van der Waals surface area contributed by atoms with Gasteiger partial charge in [0.1, 0.15) is 0 Å². The fourth-order valence-electron chi connectivity index (χ4n) is 3.30. The van der Waals surface area contributed by atoms with E-state index in [4.69, 9.17) is 4.99 Å². The van der Waals surface area contributed by atoms with Crippen LogP contribution in [0.2, 0.25) is 0 Å². The molecule has 0 radical (unpaired) electrons. The molecule has 2 N–H and O–H groups in total. The largest absolute Gasteiger partial charge is 0.357 e. The second-order valence-corrected chi connectivity index (χ2v) is 8.01. The van der Waals surface area contributed by atoms with Crippen molar-refractivity contribution in [3.05, 3.63) is 51.5 Å². The molecule has 0 saturated carbocycles. The molecule has 0 unspecified atom stereocenters. The molecule has 0 aliphatic carbocycles. The molecule has 2 aromatic rings. The molecule has 0 fully saturated rings. The summed E-state index contributed by atoms with van der Waals surface area (Å²) in [6.45, 7) is 9.99. The summed E-state index contributed by atoms with van der Waals surface area (Å²) in [5, 5.41) is 7.98. The molecule has 0 bridgehead atoms. The first-order valence-electron chi connectivity index (χ1n) is 10.0. The van der Waals surface area contributed by atoms with Gasteiger partial charge in [0, 0.05) is 50.2 Å². The van der Waals surface area contributed by atoms with E-state index in [9.17, 15) is 0 Å². The lowest BCUT2D eigenvalue weighted by Gasteiger charge is -2.28. The average molecular weight is 386 g/mol. The Morgan fingerprint density at radius 1 is 1.22 bits per heavy atom. The standard InChI is InChI=1S/C21H31N5S/c1-3-19-15-25-20(27-19)9-11-23-21(22-4-2)24-12-14-26-13-10-17-7-5-6-8-18(17)16-26/h5-8,15H,3-4,9-14,16H2,1-2H3,(H2,22,23,24). The van der Waals surface area contributed by atoms with E-state index in [0.717, 1.165) is 64.5 Å². The van der Waals surface area contributed by atoms with Crippen LogP contribution in [0.1, 0.15) is 34.9 Å². The van der Waals surface area contributed by atoms with Crippen LogP contribution in [0.3, 0.4) is 0 Å². The summed E-state index contributed by atoms with van der Waals surface area (Å²) in [6.07, 6.45) is 5.15. The summed E-state index contributed by atoms with van der Waals surface area (Å²) in [6, 6.07) is 8.78. The Bertz CT molecular complexity index is 740. The van der Waals surface area contributed by atoms with Crippen molar-refractivity contribution in [1.29, 1.82) is 0 Å². The minimum Gasteiger partial charge on any atom is -0.357 e. The van der Waals surface area contributed by atoms with Crippen LogP contribution >= 0.6 is 11.3 Å². The average Bonchev–Trinajstić information content (AvgIpc) is 3.16. The minimum absolute atomic E-state index is 0.814. The number of thiazole rings is 1. The smallest absolute Gasteiger partial charge is 0.191 e. The monoisotopic (exact) mass is 385 g/mol. The third-order valence-electron chi connectivity index (χ3n) is 4.82. The molecule has 1 aromatic heterocycles. The number of hydrogen-bond acceptors (Lipinski definition) is 4. The van der Waals surface area contributed by atoms with Gasteiger partial charge < -0.3 is 10.6 Å². The first-order valence-corrected chi connectivity index (χ1v) is 10.8. The van der Waals surface area contributed by atoms with Gasteiger partial charge in [0.05, 0.1) is 11.6 Å². The van der Waals surface area contributed by atoms with Gasteiger partial charge in [0.15, 0.2) is 5.96 Å². The van der Waals surface area contributed by atoms with E-state index in [2.05, 4.69) is 58.6 Å². The van der Waals surface area contributed by atoms with Gasteiger partial charge in [-0.3, -0.25) is 9.89 Å². The van der Waals surface area contributed by atoms with Crippen molar-refractivity contribution in [2.45, 2.75) is 39.7 Å². The molecule has 1 aliphatic heterocycles. The van der Waals surface area contributed by atoms with Crippen molar-refractivity contribution >= 4 is 17.3 Å². The molecule has 0 amide bonds. The number of rotatable bonds is 8. The molecule has 0 saturated heterocycles. The van der Waals surface area contributed by atoms with Crippen LogP contribution in [0.25, 0.3) is 0 Å². The van der Waals surface area contributed by atoms with Crippen LogP contribution in [0, 0.1) is 0 Å². The Hall–Kier alpha value is -1.92. The molecule has 0 atom stereocenters. The Morgan fingerprint density at radius 2 is 2.07 bits per heavy atom. The summed E-state index contributed by atoms with van der Waals surface area (Å²) in [5.74, 6) is 0.905. The number of aromatic nitrogens is 1. The molecule has 27 heavy (non-hydrogen) atoms.